The maximum Gasteiger partial charge on any atom is 0.233 e. The van der Waals surface area contributed by atoms with E-state index in [-0.39, 0.29) is 0 Å². The lowest BCUT2D eigenvalue weighted by atomic mass is 10.3. The van der Waals surface area contributed by atoms with Gasteiger partial charge in [0, 0.05) is 6.42 Å². The Morgan fingerprint density at radius 3 is 3.00 bits per heavy atom. The fraction of sp³-hybridized carbons (Fsp3) is 0.400. The van der Waals surface area contributed by atoms with Gasteiger partial charge in [0.1, 0.15) is 0 Å². The highest BCUT2D eigenvalue weighted by Crippen LogP contribution is 1.98. The first-order valence-corrected chi connectivity index (χ1v) is 2.72. The van der Waals surface area contributed by atoms with Crippen LogP contribution in [0.25, 0.3) is 0 Å². The highest BCUT2D eigenvalue weighted by Gasteiger charge is 2.00. The van der Waals surface area contributed by atoms with Crippen LogP contribution in [0, 0.1) is 5.95 Å². The van der Waals surface area contributed by atoms with Crippen molar-refractivity contribution in [3.8, 4) is 0 Å². The predicted octanol–water partition coefficient (Wildman–Crippen LogP) is 0.0500. The zero-order valence-corrected chi connectivity index (χ0v) is 4.89. The third-order valence-corrected chi connectivity index (χ3v) is 1.06. The van der Waals surface area contributed by atoms with E-state index in [2.05, 4.69) is 9.97 Å². The zero-order chi connectivity index (χ0) is 6.69. The first-order valence-electron chi connectivity index (χ1n) is 2.72. The van der Waals surface area contributed by atoms with Crippen molar-refractivity contribution in [2.24, 2.45) is 5.73 Å². The quantitative estimate of drug-likeness (QED) is 0.592. The van der Waals surface area contributed by atoms with Gasteiger partial charge in [-0.15, -0.1) is 0 Å². The van der Waals surface area contributed by atoms with E-state index in [0.717, 1.165) is 0 Å². The molecule has 3 nitrogen and oxygen atoms in total. The zero-order valence-electron chi connectivity index (χ0n) is 4.89. The minimum atomic E-state index is -0.444. The van der Waals surface area contributed by atoms with Crippen LogP contribution in [0.4, 0.5) is 4.39 Å². The van der Waals surface area contributed by atoms with Gasteiger partial charge in [-0.05, 0) is 6.54 Å². The molecule has 0 bridgehead atoms. The summed E-state index contributed by atoms with van der Waals surface area (Å²) in [4.78, 5) is 6.00. The molecule has 0 radical (unpaired) electrons. The number of hydrogen-bond donors (Lipinski definition) is 2. The number of imidazole rings is 1. The third kappa shape index (κ3) is 1.26. The molecule has 0 spiro atoms. The van der Waals surface area contributed by atoms with Gasteiger partial charge in [0.05, 0.1) is 12.0 Å². The molecule has 0 saturated carbocycles. The van der Waals surface area contributed by atoms with Crippen molar-refractivity contribution in [1.29, 1.82) is 0 Å². The molecule has 0 amide bonds. The summed E-state index contributed by atoms with van der Waals surface area (Å²) in [5, 5.41) is 0. The predicted molar refractivity (Wildman–Crippen MR) is 31.3 cm³/mol. The standard InChI is InChI=1S/C5H8FN3/c6-5-4(1-2-7)8-3-9-5/h3H,1-2,7H2,(H,8,9). The highest BCUT2D eigenvalue weighted by atomic mass is 19.1. The van der Waals surface area contributed by atoms with Gasteiger partial charge in [-0.25, -0.2) is 4.98 Å². The summed E-state index contributed by atoms with van der Waals surface area (Å²) >= 11 is 0. The minimum Gasteiger partial charge on any atom is -0.346 e. The van der Waals surface area contributed by atoms with Crippen LogP contribution in [0.5, 0.6) is 0 Å². The lowest BCUT2D eigenvalue weighted by molar-refractivity contribution is 0.573. The molecule has 3 N–H and O–H groups in total. The van der Waals surface area contributed by atoms with E-state index in [1.807, 2.05) is 0 Å². The monoisotopic (exact) mass is 129 g/mol. The van der Waals surface area contributed by atoms with Crippen LogP contribution < -0.4 is 5.73 Å². The van der Waals surface area contributed by atoms with Gasteiger partial charge >= 0.3 is 0 Å². The lowest BCUT2D eigenvalue weighted by Crippen LogP contribution is -2.04. The maximum atomic E-state index is 12.3. The normalized spacial score (nSPS) is 10.0. The Morgan fingerprint density at radius 2 is 2.56 bits per heavy atom. The Balaban J connectivity index is 2.69. The van der Waals surface area contributed by atoms with Crippen molar-refractivity contribution in [1.82, 2.24) is 9.97 Å². The van der Waals surface area contributed by atoms with Gasteiger partial charge in [-0.1, -0.05) is 0 Å². The maximum absolute atomic E-state index is 12.3. The van der Waals surface area contributed by atoms with Crippen LogP contribution in [0.15, 0.2) is 6.33 Å². The Hall–Kier alpha value is -0.900. The molecule has 1 aromatic heterocycles. The molecule has 0 aliphatic carbocycles. The van der Waals surface area contributed by atoms with E-state index in [4.69, 9.17) is 5.73 Å². The molecule has 50 valence electrons. The van der Waals surface area contributed by atoms with Gasteiger partial charge in [0.2, 0.25) is 5.95 Å². The van der Waals surface area contributed by atoms with Crippen molar-refractivity contribution in [2.45, 2.75) is 6.42 Å². The molecule has 1 rings (SSSR count). The Labute approximate surface area is 52.1 Å². The fourth-order valence-corrected chi connectivity index (χ4v) is 0.624. The van der Waals surface area contributed by atoms with Crippen molar-refractivity contribution in [2.75, 3.05) is 6.54 Å². The molecule has 1 heterocycles. The van der Waals surface area contributed by atoms with E-state index >= 15 is 0 Å². The van der Waals surface area contributed by atoms with Crippen LogP contribution in [0.1, 0.15) is 5.69 Å². The number of aromatic amines is 1. The smallest absolute Gasteiger partial charge is 0.233 e. The van der Waals surface area contributed by atoms with E-state index in [1.54, 1.807) is 0 Å². The molecule has 0 fully saturated rings. The van der Waals surface area contributed by atoms with E-state index < -0.39 is 5.95 Å². The van der Waals surface area contributed by atoms with Crippen LogP contribution in [0.3, 0.4) is 0 Å². The van der Waals surface area contributed by atoms with Crippen molar-refractivity contribution in [3.63, 3.8) is 0 Å². The second-order valence-electron chi connectivity index (χ2n) is 1.71. The Morgan fingerprint density at radius 1 is 1.78 bits per heavy atom. The first-order chi connectivity index (χ1) is 4.34. The van der Waals surface area contributed by atoms with Gasteiger partial charge < -0.3 is 10.7 Å². The van der Waals surface area contributed by atoms with Crippen LogP contribution in [-0.4, -0.2) is 16.5 Å². The van der Waals surface area contributed by atoms with Crippen molar-refractivity contribution < 1.29 is 4.39 Å². The molecular formula is C5H8FN3. The van der Waals surface area contributed by atoms with Gasteiger partial charge in [0.25, 0.3) is 0 Å². The number of nitrogens with one attached hydrogen (secondary N) is 1. The lowest BCUT2D eigenvalue weighted by Gasteiger charge is -1.89. The summed E-state index contributed by atoms with van der Waals surface area (Å²) in [6, 6.07) is 0. The molecule has 0 aromatic carbocycles. The fourth-order valence-electron chi connectivity index (χ4n) is 0.624. The second-order valence-corrected chi connectivity index (χ2v) is 1.71. The van der Waals surface area contributed by atoms with E-state index in [1.165, 1.54) is 6.33 Å². The summed E-state index contributed by atoms with van der Waals surface area (Å²) < 4.78 is 12.3. The third-order valence-electron chi connectivity index (χ3n) is 1.06. The summed E-state index contributed by atoms with van der Waals surface area (Å²) in [5.41, 5.74) is 5.66. The molecular weight excluding hydrogens is 121 g/mol. The van der Waals surface area contributed by atoms with E-state index in [0.29, 0.717) is 18.7 Å². The van der Waals surface area contributed by atoms with Crippen molar-refractivity contribution >= 4 is 0 Å². The van der Waals surface area contributed by atoms with Gasteiger partial charge in [0.15, 0.2) is 0 Å². The number of H-pyrrole nitrogens is 1. The molecule has 0 unspecified atom stereocenters. The number of halogens is 1. The Kier molecular flexibility index (Phi) is 1.79. The highest BCUT2D eigenvalue weighted by molar-refractivity contribution is 4.97. The number of aromatic nitrogens is 2. The molecule has 0 aliphatic rings. The van der Waals surface area contributed by atoms with Crippen LogP contribution in [0.2, 0.25) is 0 Å². The molecule has 1 aromatic rings. The van der Waals surface area contributed by atoms with Gasteiger partial charge in [-0.3, -0.25) is 0 Å². The summed E-state index contributed by atoms with van der Waals surface area (Å²) in [6.45, 7) is 0.444. The largest absolute Gasteiger partial charge is 0.346 e. The van der Waals surface area contributed by atoms with Gasteiger partial charge in [-0.2, -0.15) is 4.39 Å². The molecule has 0 atom stereocenters. The second kappa shape index (κ2) is 2.59. The van der Waals surface area contributed by atoms with Crippen LogP contribution in [-0.2, 0) is 6.42 Å². The number of rotatable bonds is 2. The van der Waals surface area contributed by atoms with E-state index in [9.17, 15) is 4.39 Å². The first kappa shape index (κ1) is 6.22. The summed E-state index contributed by atoms with van der Waals surface area (Å²) in [7, 11) is 0. The van der Waals surface area contributed by atoms with Crippen LogP contribution >= 0.6 is 0 Å². The molecule has 0 aliphatic heterocycles. The average Bonchev–Trinajstić information content (AvgIpc) is 2.18. The SMILES string of the molecule is NCCc1[nH]cnc1F. The number of hydrogen-bond acceptors (Lipinski definition) is 2. The summed E-state index contributed by atoms with van der Waals surface area (Å²) in [6.07, 6.45) is 1.84. The molecule has 9 heavy (non-hydrogen) atoms. The average molecular weight is 129 g/mol. The Bertz CT molecular complexity index is 184. The number of nitrogens with two attached hydrogens (primary N) is 1. The topological polar surface area (TPSA) is 54.7 Å². The van der Waals surface area contributed by atoms with Crippen molar-refractivity contribution in [3.05, 3.63) is 18.0 Å². The minimum absolute atomic E-state index is 0.444. The molecule has 4 heteroatoms. The molecule has 0 saturated heterocycles. The number of nitrogens with zero attached hydrogens (tertiary/aromatic N) is 1. The summed E-state index contributed by atoms with van der Waals surface area (Å²) in [5.74, 6) is -0.444.